The molecule has 16 heavy (non-hydrogen) atoms. The molecule has 0 aromatic heterocycles. The smallest absolute Gasteiger partial charge is 0.137 e. The maximum absolute atomic E-state index is 12.9. The molecule has 2 heteroatoms. The number of halogens is 1. The van der Waals surface area contributed by atoms with Gasteiger partial charge in [-0.15, -0.1) is 0 Å². The van der Waals surface area contributed by atoms with Gasteiger partial charge in [0.2, 0.25) is 0 Å². The molecule has 1 aromatic rings. The molecule has 0 bridgehead atoms. The van der Waals surface area contributed by atoms with Crippen molar-refractivity contribution in [2.75, 3.05) is 0 Å². The van der Waals surface area contributed by atoms with Gasteiger partial charge in [0.1, 0.15) is 11.6 Å². The molecule has 1 aromatic carbocycles. The molecule has 0 fully saturated rings. The van der Waals surface area contributed by atoms with Crippen LogP contribution < -0.4 is 0 Å². The van der Waals surface area contributed by atoms with E-state index in [-0.39, 0.29) is 17.0 Å². The van der Waals surface area contributed by atoms with Crippen LogP contribution in [0, 0.1) is 18.2 Å². The third-order valence-corrected chi connectivity index (χ3v) is 2.42. The first-order chi connectivity index (χ1) is 7.28. The van der Waals surface area contributed by atoms with Crippen LogP contribution in [0.5, 0.6) is 0 Å². The van der Waals surface area contributed by atoms with E-state index in [1.54, 1.807) is 6.07 Å². The highest BCUT2D eigenvalue weighted by Gasteiger charge is 2.16. The average molecular weight is 222 g/mol. The Morgan fingerprint density at radius 3 is 2.44 bits per heavy atom. The van der Waals surface area contributed by atoms with Gasteiger partial charge >= 0.3 is 0 Å². The normalized spacial score (nSPS) is 11.6. The van der Waals surface area contributed by atoms with Gasteiger partial charge in [0.05, 0.1) is 0 Å². The van der Waals surface area contributed by atoms with E-state index >= 15 is 0 Å². The number of hydrogen-bond donors (Lipinski definition) is 0. The van der Waals surface area contributed by atoms with E-state index in [1.807, 2.05) is 27.7 Å². The van der Waals surface area contributed by atoms with Crippen LogP contribution in [0.2, 0.25) is 0 Å². The molecule has 88 valence electrons. The lowest BCUT2D eigenvalue weighted by Crippen LogP contribution is -2.15. The van der Waals surface area contributed by atoms with E-state index in [1.165, 1.54) is 12.1 Å². The Hall–Kier alpha value is -1.18. The summed E-state index contributed by atoms with van der Waals surface area (Å²) in [6, 6.07) is 4.58. The Morgan fingerprint density at radius 2 is 1.94 bits per heavy atom. The number of ketones is 1. The Balaban J connectivity index is 2.70. The minimum Gasteiger partial charge on any atom is -0.299 e. The summed E-state index contributed by atoms with van der Waals surface area (Å²) in [4.78, 5) is 11.8. The third-order valence-electron chi connectivity index (χ3n) is 2.42. The zero-order chi connectivity index (χ0) is 12.3. The van der Waals surface area contributed by atoms with Crippen LogP contribution in [-0.4, -0.2) is 5.78 Å². The fourth-order valence-corrected chi connectivity index (χ4v) is 1.72. The molecule has 0 heterocycles. The van der Waals surface area contributed by atoms with E-state index in [9.17, 15) is 9.18 Å². The summed E-state index contributed by atoms with van der Waals surface area (Å²) in [5, 5.41) is 0. The van der Waals surface area contributed by atoms with Crippen molar-refractivity contribution in [3.63, 3.8) is 0 Å². The molecule has 1 nitrogen and oxygen atoms in total. The fraction of sp³-hybridized carbons (Fsp3) is 0.500. The molecule has 0 aliphatic rings. The molecule has 0 saturated carbocycles. The summed E-state index contributed by atoms with van der Waals surface area (Å²) < 4.78 is 12.9. The molecule has 0 aliphatic heterocycles. The lowest BCUT2D eigenvalue weighted by molar-refractivity contribution is -0.120. The monoisotopic (exact) mass is 222 g/mol. The first-order valence-corrected chi connectivity index (χ1v) is 5.55. The topological polar surface area (TPSA) is 17.1 Å². The number of carbonyl (C=O) groups is 1. The standard InChI is InChI=1S/C14H19FO/c1-10-7-12(15)6-5-11(10)8-13(16)9-14(2,3)4/h5-7H,8-9H2,1-4H3. The van der Waals surface area contributed by atoms with Gasteiger partial charge < -0.3 is 0 Å². The molecule has 0 N–H and O–H groups in total. The van der Waals surface area contributed by atoms with E-state index < -0.39 is 0 Å². The Kier molecular flexibility index (Phi) is 3.84. The fourth-order valence-electron chi connectivity index (χ4n) is 1.72. The summed E-state index contributed by atoms with van der Waals surface area (Å²) in [7, 11) is 0. The highest BCUT2D eigenvalue weighted by molar-refractivity contribution is 5.81. The predicted molar refractivity (Wildman–Crippen MR) is 63.9 cm³/mol. The van der Waals surface area contributed by atoms with Gasteiger partial charge in [-0.1, -0.05) is 26.8 Å². The number of benzene rings is 1. The lowest BCUT2D eigenvalue weighted by atomic mass is 9.87. The second-order valence-electron chi connectivity index (χ2n) is 5.52. The third kappa shape index (κ3) is 4.13. The minimum atomic E-state index is -0.246. The quantitative estimate of drug-likeness (QED) is 0.762. The van der Waals surface area contributed by atoms with Crippen molar-refractivity contribution < 1.29 is 9.18 Å². The summed E-state index contributed by atoms with van der Waals surface area (Å²) in [6.07, 6.45) is 0.965. The van der Waals surface area contributed by atoms with E-state index in [4.69, 9.17) is 0 Å². The van der Waals surface area contributed by atoms with E-state index in [2.05, 4.69) is 0 Å². The number of Topliss-reactive ketones (excluding diaryl/α,β-unsaturated/α-hetero) is 1. The van der Waals surface area contributed by atoms with Gasteiger partial charge in [0.25, 0.3) is 0 Å². The molecule has 0 spiro atoms. The number of carbonyl (C=O) groups excluding carboxylic acids is 1. The summed E-state index contributed by atoms with van der Waals surface area (Å²) >= 11 is 0. The average Bonchev–Trinajstić information content (AvgIpc) is 2.06. The van der Waals surface area contributed by atoms with Crippen LogP contribution in [0.3, 0.4) is 0 Å². The van der Waals surface area contributed by atoms with Crippen LogP contribution in [0.1, 0.15) is 38.3 Å². The molecular formula is C14H19FO. The second kappa shape index (κ2) is 4.77. The van der Waals surface area contributed by atoms with Gasteiger partial charge in [-0.25, -0.2) is 4.39 Å². The predicted octanol–water partition coefficient (Wildman–Crippen LogP) is 3.68. The molecule has 0 aliphatic carbocycles. The maximum Gasteiger partial charge on any atom is 0.137 e. The molecule has 0 unspecified atom stereocenters. The van der Waals surface area contributed by atoms with Crippen LogP contribution in [-0.2, 0) is 11.2 Å². The van der Waals surface area contributed by atoms with Crippen molar-refractivity contribution in [3.8, 4) is 0 Å². The number of aryl methyl sites for hydroxylation is 1. The SMILES string of the molecule is Cc1cc(F)ccc1CC(=O)CC(C)(C)C. The summed E-state index contributed by atoms with van der Waals surface area (Å²) in [5.41, 5.74) is 1.79. The molecule has 1 rings (SSSR count). The first-order valence-electron chi connectivity index (χ1n) is 5.55. The summed E-state index contributed by atoms with van der Waals surface area (Å²) in [6.45, 7) is 7.97. The van der Waals surface area contributed by atoms with Gasteiger partial charge in [0.15, 0.2) is 0 Å². The van der Waals surface area contributed by atoms with Crippen LogP contribution in [0.15, 0.2) is 18.2 Å². The van der Waals surface area contributed by atoms with Gasteiger partial charge in [-0.3, -0.25) is 4.79 Å². The maximum atomic E-state index is 12.9. The zero-order valence-corrected chi connectivity index (χ0v) is 10.4. The second-order valence-corrected chi connectivity index (χ2v) is 5.52. The molecular weight excluding hydrogens is 203 g/mol. The highest BCUT2D eigenvalue weighted by atomic mass is 19.1. The van der Waals surface area contributed by atoms with Crippen molar-refractivity contribution in [1.82, 2.24) is 0 Å². The van der Waals surface area contributed by atoms with Gasteiger partial charge in [-0.2, -0.15) is 0 Å². The molecule has 0 radical (unpaired) electrons. The van der Waals surface area contributed by atoms with Crippen molar-refractivity contribution in [2.24, 2.45) is 5.41 Å². The Morgan fingerprint density at radius 1 is 1.31 bits per heavy atom. The minimum absolute atomic E-state index is 0.0189. The molecule has 0 saturated heterocycles. The van der Waals surface area contributed by atoms with Crippen molar-refractivity contribution in [2.45, 2.75) is 40.5 Å². The van der Waals surface area contributed by atoms with Crippen molar-refractivity contribution >= 4 is 5.78 Å². The lowest BCUT2D eigenvalue weighted by Gasteiger charge is -2.17. The van der Waals surface area contributed by atoms with Crippen molar-refractivity contribution in [1.29, 1.82) is 0 Å². The van der Waals surface area contributed by atoms with Crippen molar-refractivity contribution in [3.05, 3.63) is 35.1 Å². The van der Waals surface area contributed by atoms with Crippen LogP contribution in [0.4, 0.5) is 4.39 Å². The van der Waals surface area contributed by atoms with E-state index in [0.717, 1.165) is 11.1 Å². The largest absolute Gasteiger partial charge is 0.299 e. The first kappa shape index (κ1) is 12.9. The van der Waals surface area contributed by atoms with Crippen LogP contribution >= 0.6 is 0 Å². The Labute approximate surface area is 96.7 Å². The number of hydrogen-bond acceptors (Lipinski definition) is 1. The van der Waals surface area contributed by atoms with Gasteiger partial charge in [0, 0.05) is 12.8 Å². The van der Waals surface area contributed by atoms with Gasteiger partial charge in [-0.05, 0) is 35.6 Å². The Bertz CT molecular complexity index is 388. The highest BCUT2D eigenvalue weighted by Crippen LogP contribution is 2.21. The van der Waals surface area contributed by atoms with Crippen LogP contribution in [0.25, 0.3) is 0 Å². The summed E-state index contributed by atoms with van der Waals surface area (Å²) in [5.74, 6) is -0.0354. The van der Waals surface area contributed by atoms with E-state index in [0.29, 0.717) is 12.8 Å². The zero-order valence-electron chi connectivity index (χ0n) is 10.4. The molecule has 0 amide bonds. The number of rotatable bonds is 3. The molecule has 0 atom stereocenters.